The first-order valence-corrected chi connectivity index (χ1v) is 13.1. The number of nitrogens with one attached hydrogen (secondary N) is 2. The van der Waals surface area contributed by atoms with E-state index in [1.54, 1.807) is 6.08 Å². The molecule has 11 heteroatoms. The van der Waals surface area contributed by atoms with E-state index in [0.717, 1.165) is 18.4 Å². The van der Waals surface area contributed by atoms with E-state index in [0.29, 0.717) is 0 Å². The lowest BCUT2D eigenvalue weighted by Crippen LogP contribution is -2.44. The predicted molar refractivity (Wildman–Crippen MR) is 117 cm³/mol. The van der Waals surface area contributed by atoms with Gasteiger partial charge in [-0.25, -0.2) is 8.42 Å². The van der Waals surface area contributed by atoms with Gasteiger partial charge < -0.3 is 10.6 Å². The van der Waals surface area contributed by atoms with Crippen molar-refractivity contribution >= 4 is 31.5 Å². The van der Waals surface area contributed by atoms with Crippen LogP contribution < -0.4 is 10.6 Å². The van der Waals surface area contributed by atoms with Gasteiger partial charge in [0.2, 0.25) is 11.6 Å². The van der Waals surface area contributed by atoms with Crippen molar-refractivity contribution in [3.05, 3.63) is 45.2 Å². The number of hydrogen-bond acceptors (Lipinski definition) is 8. The summed E-state index contributed by atoms with van der Waals surface area (Å²) in [6.45, 7) is 5.56. The van der Waals surface area contributed by atoms with Gasteiger partial charge in [-0.3, -0.25) is 14.1 Å². The van der Waals surface area contributed by atoms with Crippen LogP contribution in [0.5, 0.6) is 0 Å². The summed E-state index contributed by atoms with van der Waals surface area (Å²) in [5.41, 5.74) is 1.77. The van der Waals surface area contributed by atoms with Gasteiger partial charge in [0, 0.05) is 18.7 Å². The van der Waals surface area contributed by atoms with E-state index >= 15 is 0 Å². The molecule has 172 valence electrons. The quantitative estimate of drug-likeness (QED) is 0.256. The van der Waals surface area contributed by atoms with Gasteiger partial charge >= 0.3 is 0 Å². The summed E-state index contributed by atoms with van der Waals surface area (Å²) in [5, 5.41) is 5.29. The highest BCUT2D eigenvalue weighted by Gasteiger charge is 2.42. The fourth-order valence-corrected chi connectivity index (χ4v) is 5.05. The van der Waals surface area contributed by atoms with Gasteiger partial charge in [-0.2, -0.15) is 8.42 Å². The molecule has 0 bridgehead atoms. The summed E-state index contributed by atoms with van der Waals surface area (Å²) in [6.07, 6.45) is 5.55. The molecule has 3 N–H and O–H groups in total. The lowest BCUT2D eigenvalue weighted by Gasteiger charge is -2.27. The van der Waals surface area contributed by atoms with Gasteiger partial charge in [0.25, 0.3) is 10.1 Å². The molecule has 0 saturated heterocycles. The molecular formula is C20H28N2O7S2. The van der Waals surface area contributed by atoms with Crippen molar-refractivity contribution in [1.29, 1.82) is 0 Å². The van der Waals surface area contributed by atoms with Crippen LogP contribution in [0.15, 0.2) is 45.2 Å². The first kappa shape index (κ1) is 25.0. The second-order valence-corrected chi connectivity index (χ2v) is 11.4. The maximum atomic E-state index is 13.0. The molecule has 0 fully saturated rings. The van der Waals surface area contributed by atoms with Crippen molar-refractivity contribution in [2.75, 3.05) is 24.6 Å². The van der Waals surface area contributed by atoms with Crippen molar-refractivity contribution in [2.45, 2.75) is 40.0 Å². The van der Waals surface area contributed by atoms with Crippen LogP contribution in [-0.4, -0.2) is 57.6 Å². The third-order valence-corrected chi connectivity index (χ3v) is 7.33. The molecule has 0 radical (unpaired) electrons. The van der Waals surface area contributed by atoms with E-state index < -0.39 is 42.2 Å². The number of rotatable bonds is 9. The van der Waals surface area contributed by atoms with E-state index in [1.165, 1.54) is 5.57 Å². The summed E-state index contributed by atoms with van der Waals surface area (Å²) in [5.74, 6) is -2.50. The summed E-state index contributed by atoms with van der Waals surface area (Å²) < 4.78 is 55.8. The zero-order valence-corrected chi connectivity index (χ0v) is 19.5. The second-order valence-electron chi connectivity index (χ2n) is 7.75. The summed E-state index contributed by atoms with van der Waals surface area (Å²) in [4.78, 5) is 25.4. The van der Waals surface area contributed by atoms with Crippen LogP contribution in [0.25, 0.3) is 0 Å². The van der Waals surface area contributed by atoms with Crippen molar-refractivity contribution < 1.29 is 31.0 Å². The van der Waals surface area contributed by atoms with Gasteiger partial charge in [0.15, 0.2) is 9.84 Å². The number of carbonyl (C=O) groups is 2. The molecule has 0 unspecified atom stereocenters. The van der Waals surface area contributed by atoms with Crippen LogP contribution >= 0.6 is 0 Å². The minimum Gasteiger partial charge on any atom is -0.380 e. The van der Waals surface area contributed by atoms with Crippen molar-refractivity contribution in [1.82, 2.24) is 10.6 Å². The van der Waals surface area contributed by atoms with Crippen LogP contribution in [-0.2, 0) is 29.5 Å². The average molecular weight is 473 g/mol. The minimum atomic E-state index is -4.30. The third-order valence-electron chi connectivity index (χ3n) is 4.85. The van der Waals surface area contributed by atoms with Crippen molar-refractivity contribution in [2.24, 2.45) is 0 Å². The molecule has 31 heavy (non-hydrogen) atoms. The maximum Gasteiger partial charge on any atom is 0.266 e. The smallest absolute Gasteiger partial charge is 0.266 e. The van der Waals surface area contributed by atoms with Crippen LogP contribution in [0.1, 0.15) is 40.0 Å². The van der Waals surface area contributed by atoms with Crippen molar-refractivity contribution in [3.8, 4) is 0 Å². The molecule has 1 aliphatic carbocycles. The molecule has 9 nitrogen and oxygen atoms in total. The molecule has 0 aromatic carbocycles. The standard InChI is InChI=1S/C20H28N2O7S2/c1-13(2)5-4-6-14(3)7-8-15-16(21-10-12-31(27,28)29)19(24)20-17(18(15)23)22-9-11-30(20,25)26/h5,7,21-22H,4,6,8-12H2,1-3H3,(H,27,28,29). The van der Waals surface area contributed by atoms with Crippen molar-refractivity contribution in [3.63, 3.8) is 0 Å². The molecule has 0 spiro atoms. The Morgan fingerprint density at radius 3 is 2.45 bits per heavy atom. The van der Waals surface area contributed by atoms with Crippen LogP contribution in [0.4, 0.5) is 0 Å². The van der Waals surface area contributed by atoms with Gasteiger partial charge in [-0.05, 0) is 40.0 Å². The molecule has 0 aromatic rings. The summed E-state index contributed by atoms with van der Waals surface area (Å²) in [6, 6.07) is 0. The normalized spacial score (nSPS) is 19.2. The number of hydrogen-bond donors (Lipinski definition) is 3. The molecule has 2 aliphatic rings. The fourth-order valence-electron chi connectivity index (χ4n) is 3.26. The Balaban J connectivity index is 2.37. The molecular weight excluding hydrogens is 444 g/mol. The lowest BCUT2D eigenvalue weighted by molar-refractivity contribution is -0.116. The Hall–Kier alpha value is -2.24. The van der Waals surface area contributed by atoms with E-state index in [4.69, 9.17) is 4.55 Å². The van der Waals surface area contributed by atoms with Gasteiger partial charge in [0.1, 0.15) is 10.6 Å². The van der Waals surface area contributed by atoms with Gasteiger partial charge in [-0.1, -0.05) is 23.3 Å². The number of carbonyl (C=O) groups excluding carboxylic acids is 2. The van der Waals surface area contributed by atoms with E-state index in [9.17, 15) is 26.4 Å². The average Bonchev–Trinajstić information content (AvgIpc) is 2.63. The number of ketones is 2. The molecule has 0 atom stereocenters. The van der Waals surface area contributed by atoms with E-state index in [2.05, 4.69) is 16.7 Å². The lowest BCUT2D eigenvalue weighted by atomic mass is 9.93. The molecule has 0 aromatic heterocycles. The molecule has 2 rings (SSSR count). The largest absolute Gasteiger partial charge is 0.380 e. The minimum absolute atomic E-state index is 0.0244. The second kappa shape index (κ2) is 9.92. The molecule has 0 amide bonds. The maximum absolute atomic E-state index is 13.0. The highest BCUT2D eigenvalue weighted by Crippen LogP contribution is 2.30. The molecule has 1 aliphatic heterocycles. The summed E-state index contributed by atoms with van der Waals surface area (Å²) >= 11 is 0. The van der Waals surface area contributed by atoms with Crippen LogP contribution in [0.2, 0.25) is 0 Å². The summed E-state index contributed by atoms with van der Waals surface area (Å²) in [7, 11) is -8.25. The number of Topliss-reactive ketones (excluding diaryl/α,β-unsaturated/α-hetero) is 2. The first-order chi connectivity index (χ1) is 14.3. The molecule has 0 saturated carbocycles. The van der Waals surface area contributed by atoms with Crippen LogP contribution in [0.3, 0.4) is 0 Å². The zero-order valence-electron chi connectivity index (χ0n) is 17.8. The SMILES string of the molecule is CC(C)=CCCC(C)=CCC1=C(NCCS(=O)(=O)O)C(=O)C2=C(NCCS2(=O)=O)C1=O. The topological polar surface area (TPSA) is 147 Å². The zero-order chi connectivity index (χ0) is 23.4. The Kier molecular flexibility index (Phi) is 8.01. The van der Waals surface area contributed by atoms with Crippen LogP contribution in [0, 0.1) is 0 Å². The number of sulfone groups is 1. The van der Waals surface area contributed by atoms with Gasteiger partial charge in [-0.15, -0.1) is 0 Å². The highest BCUT2D eigenvalue weighted by atomic mass is 32.2. The first-order valence-electron chi connectivity index (χ1n) is 9.85. The van der Waals surface area contributed by atoms with E-state index in [1.807, 2.05) is 20.8 Å². The predicted octanol–water partition coefficient (Wildman–Crippen LogP) is 1.18. The Labute approximate surface area is 183 Å². The highest BCUT2D eigenvalue weighted by molar-refractivity contribution is 7.96. The van der Waals surface area contributed by atoms with E-state index in [-0.39, 0.29) is 42.2 Å². The Bertz CT molecular complexity index is 1100. The Morgan fingerprint density at radius 1 is 1.16 bits per heavy atom. The third kappa shape index (κ3) is 6.62. The van der Waals surface area contributed by atoms with Gasteiger partial charge in [0.05, 0.1) is 17.2 Å². The fraction of sp³-hybridized carbons (Fsp3) is 0.500. The monoisotopic (exact) mass is 472 g/mol. The molecule has 1 heterocycles. The Morgan fingerprint density at radius 2 is 1.84 bits per heavy atom. The number of allylic oxidation sites excluding steroid dienone is 6.